The molecule has 1 aliphatic rings. The molecule has 3 aromatic rings. The quantitative estimate of drug-likeness (QED) is 0.515. The first kappa shape index (κ1) is 22.2. The maximum Gasteiger partial charge on any atom is 0.227 e. The standard InChI is InChI=1S/C26H27ClN2O3/c1-32-25-14-18(8-9-24(25)30)17-29-12-10-19(11-13-29)26(31)28-23-7-3-5-21(16-23)20-4-2-6-22(27)15-20/h2-9,14-16,19,30H,10-13,17H2,1H3,(H,28,31). The number of halogens is 1. The number of piperidine rings is 1. The van der Waals surface area contributed by atoms with Gasteiger partial charge in [0.25, 0.3) is 0 Å². The van der Waals surface area contributed by atoms with E-state index in [0.29, 0.717) is 10.8 Å². The van der Waals surface area contributed by atoms with E-state index < -0.39 is 0 Å². The van der Waals surface area contributed by atoms with Gasteiger partial charge in [0.2, 0.25) is 5.91 Å². The van der Waals surface area contributed by atoms with Crippen LogP contribution >= 0.6 is 11.6 Å². The Morgan fingerprint density at radius 3 is 2.50 bits per heavy atom. The summed E-state index contributed by atoms with van der Waals surface area (Å²) in [5, 5.41) is 13.5. The van der Waals surface area contributed by atoms with E-state index in [-0.39, 0.29) is 17.6 Å². The molecule has 0 saturated carbocycles. The van der Waals surface area contributed by atoms with E-state index in [2.05, 4.69) is 10.2 Å². The predicted molar refractivity (Wildman–Crippen MR) is 128 cm³/mol. The van der Waals surface area contributed by atoms with Crippen molar-refractivity contribution >= 4 is 23.2 Å². The molecule has 166 valence electrons. The molecule has 1 fully saturated rings. The van der Waals surface area contributed by atoms with Crippen LogP contribution in [0.15, 0.2) is 66.7 Å². The van der Waals surface area contributed by atoms with Gasteiger partial charge in [-0.1, -0.05) is 41.9 Å². The van der Waals surface area contributed by atoms with Crippen LogP contribution in [0.1, 0.15) is 18.4 Å². The maximum atomic E-state index is 12.9. The van der Waals surface area contributed by atoms with Crippen LogP contribution in [0.3, 0.4) is 0 Å². The SMILES string of the molecule is COc1cc(CN2CCC(C(=O)Nc3cccc(-c4cccc(Cl)c4)c3)CC2)ccc1O. The Morgan fingerprint density at radius 2 is 1.78 bits per heavy atom. The van der Waals surface area contributed by atoms with Gasteiger partial charge in [0.1, 0.15) is 0 Å². The number of phenols is 1. The maximum absolute atomic E-state index is 12.9. The van der Waals surface area contributed by atoms with Crippen LogP contribution in [-0.4, -0.2) is 36.1 Å². The van der Waals surface area contributed by atoms with E-state index in [0.717, 1.165) is 54.9 Å². The van der Waals surface area contributed by atoms with Gasteiger partial charge in [-0.05, 0) is 79.0 Å². The third kappa shape index (κ3) is 5.42. The van der Waals surface area contributed by atoms with Crippen molar-refractivity contribution < 1.29 is 14.6 Å². The number of carbonyl (C=O) groups excluding carboxylic acids is 1. The highest BCUT2D eigenvalue weighted by Crippen LogP contribution is 2.29. The summed E-state index contributed by atoms with van der Waals surface area (Å²) in [5.41, 5.74) is 3.92. The molecule has 1 heterocycles. The molecule has 1 aliphatic heterocycles. The van der Waals surface area contributed by atoms with Crippen LogP contribution in [0.25, 0.3) is 11.1 Å². The Morgan fingerprint density at radius 1 is 1.06 bits per heavy atom. The Kier molecular flexibility index (Phi) is 6.98. The number of amides is 1. The van der Waals surface area contributed by atoms with Gasteiger partial charge in [0, 0.05) is 23.2 Å². The van der Waals surface area contributed by atoms with E-state index in [1.165, 1.54) is 0 Å². The van der Waals surface area contributed by atoms with Crippen molar-refractivity contribution in [2.24, 2.45) is 5.92 Å². The van der Waals surface area contributed by atoms with E-state index >= 15 is 0 Å². The summed E-state index contributed by atoms with van der Waals surface area (Å²) in [6.07, 6.45) is 1.63. The summed E-state index contributed by atoms with van der Waals surface area (Å²) in [6, 6.07) is 21.0. The highest BCUT2D eigenvalue weighted by molar-refractivity contribution is 6.30. The first-order valence-electron chi connectivity index (χ1n) is 10.8. The first-order chi connectivity index (χ1) is 15.5. The minimum absolute atomic E-state index is 0.00423. The number of rotatable bonds is 6. The third-order valence-electron chi connectivity index (χ3n) is 5.90. The predicted octanol–water partition coefficient (Wildman–Crippen LogP) is 5.57. The van der Waals surface area contributed by atoms with Crippen LogP contribution in [0.5, 0.6) is 11.5 Å². The summed E-state index contributed by atoms with van der Waals surface area (Å²) in [6.45, 7) is 2.47. The molecular weight excluding hydrogens is 424 g/mol. The van der Waals surface area contributed by atoms with Crippen LogP contribution in [0.4, 0.5) is 5.69 Å². The van der Waals surface area contributed by atoms with Crippen LogP contribution < -0.4 is 10.1 Å². The zero-order valence-electron chi connectivity index (χ0n) is 18.1. The minimum atomic E-state index is -0.00423. The minimum Gasteiger partial charge on any atom is -0.504 e. The van der Waals surface area contributed by atoms with Crippen molar-refractivity contribution in [2.75, 3.05) is 25.5 Å². The number of anilines is 1. The largest absolute Gasteiger partial charge is 0.504 e. The zero-order valence-corrected chi connectivity index (χ0v) is 18.8. The molecule has 0 aromatic heterocycles. The number of nitrogens with zero attached hydrogens (tertiary/aromatic N) is 1. The topological polar surface area (TPSA) is 61.8 Å². The monoisotopic (exact) mass is 450 g/mol. The van der Waals surface area contributed by atoms with Gasteiger partial charge in [-0.3, -0.25) is 9.69 Å². The molecule has 5 nitrogen and oxygen atoms in total. The van der Waals surface area contributed by atoms with Crippen LogP contribution in [-0.2, 0) is 11.3 Å². The summed E-state index contributed by atoms with van der Waals surface area (Å²) >= 11 is 6.11. The van der Waals surface area contributed by atoms with Crippen LogP contribution in [0.2, 0.25) is 5.02 Å². The number of aromatic hydroxyl groups is 1. The van der Waals surface area contributed by atoms with Gasteiger partial charge >= 0.3 is 0 Å². The Labute approximate surface area is 193 Å². The molecule has 2 N–H and O–H groups in total. The molecular formula is C26H27ClN2O3. The van der Waals surface area contributed by atoms with Crippen molar-refractivity contribution in [1.82, 2.24) is 4.90 Å². The van der Waals surface area contributed by atoms with Crippen LogP contribution in [0, 0.1) is 5.92 Å². The molecule has 1 saturated heterocycles. The van der Waals surface area contributed by atoms with Gasteiger partial charge in [-0.2, -0.15) is 0 Å². The molecule has 0 aliphatic carbocycles. The molecule has 4 rings (SSSR count). The molecule has 0 unspecified atom stereocenters. The lowest BCUT2D eigenvalue weighted by atomic mass is 9.95. The number of benzene rings is 3. The lowest BCUT2D eigenvalue weighted by Gasteiger charge is -2.31. The summed E-state index contributed by atoms with van der Waals surface area (Å²) in [7, 11) is 1.55. The fourth-order valence-corrected chi connectivity index (χ4v) is 4.31. The molecule has 0 radical (unpaired) electrons. The Balaban J connectivity index is 1.33. The summed E-state index contributed by atoms with van der Waals surface area (Å²) < 4.78 is 5.19. The third-order valence-corrected chi connectivity index (χ3v) is 6.13. The average Bonchev–Trinajstić information content (AvgIpc) is 2.81. The van der Waals surface area contributed by atoms with E-state index in [1.807, 2.05) is 60.7 Å². The van der Waals surface area contributed by atoms with Gasteiger partial charge in [-0.15, -0.1) is 0 Å². The fourth-order valence-electron chi connectivity index (χ4n) is 4.12. The summed E-state index contributed by atoms with van der Waals surface area (Å²) in [5.74, 6) is 0.692. The van der Waals surface area contributed by atoms with Crippen molar-refractivity contribution in [2.45, 2.75) is 19.4 Å². The molecule has 32 heavy (non-hydrogen) atoms. The molecule has 0 atom stereocenters. The number of nitrogens with one attached hydrogen (secondary N) is 1. The number of likely N-dealkylation sites (tertiary alicyclic amines) is 1. The number of methoxy groups -OCH3 is 1. The average molecular weight is 451 g/mol. The number of carbonyl (C=O) groups is 1. The Hall–Kier alpha value is -3.02. The first-order valence-corrected chi connectivity index (χ1v) is 11.1. The summed E-state index contributed by atoms with van der Waals surface area (Å²) in [4.78, 5) is 15.2. The molecule has 3 aromatic carbocycles. The van der Waals surface area contributed by atoms with Crippen molar-refractivity contribution in [3.05, 3.63) is 77.3 Å². The van der Waals surface area contributed by atoms with Crippen molar-refractivity contribution in [3.63, 3.8) is 0 Å². The number of hydrogen-bond acceptors (Lipinski definition) is 4. The Bertz CT molecular complexity index is 1090. The van der Waals surface area contributed by atoms with E-state index in [4.69, 9.17) is 16.3 Å². The lowest BCUT2D eigenvalue weighted by molar-refractivity contribution is -0.121. The second-order valence-corrected chi connectivity index (χ2v) is 8.57. The second kappa shape index (κ2) is 10.1. The highest BCUT2D eigenvalue weighted by atomic mass is 35.5. The molecule has 0 bridgehead atoms. The van der Waals surface area contributed by atoms with Gasteiger partial charge in [-0.25, -0.2) is 0 Å². The zero-order chi connectivity index (χ0) is 22.5. The molecule has 1 amide bonds. The van der Waals surface area contributed by atoms with Crippen molar-refractivity contribution in [3.8, 4) is 22.6 Å². The van der Waals surface area contributed by atoms with E-state index in [9.17, 15) is 9.90 Å². The lowest BCUT2D eigenvalue weighted by Crippen LogP contribution is -2.37. The number of phenolic OH excluding ortho intramolecular Hbond substituents is 1. The highest BCUT2D eigenvalue weighted by Gasteiger charge is 2.25. The van der Waals surface area contributed by atoms with Gasteiger partial charge in [0.05, 0.1) is 7.11 Å². The van der Waals surface area contributed by atoms with Gasteiger partial charge in [0.15, 0.2) is 11.5 Å². The fraction of sp³-hybridized carbons (Fsp3) is 0.269. The van der Waals surface area contributed by atoms with E-state index in [1.54, 1.807) is 13.2 Å². The van der Waals surface area contributed by atoms with Crippen molar-refractivity contribution in [1.29, 1.82) is 0 Å². The second-order valence-electron chi connectivity index (χ2n) is 8.14. The normalized spacial score (nSPS) is 14.8. The molecule has 6 heteroatoms. The molecule has 0 spiro atoms. The smallest absolute Gasteiger partial charge is 0.227 e. The van der Waals surface area contributed by atoms with Gasteiger partial charge < -0.3 is 15.2 Å². The number of hydrogen-bond donors (Lipinski definition) is 2. The number of ether oxygens (including phenoxy) is 1.